The lowest BCUT2D eigenvalue weighted by Gasteiger charge is -2.21. The maximum Gasteiger partial charge on any atom is 0.0234 e. The third-order valence-corrected chi connectivity index (χ3v) is 5.28. The van der Waals surface area contributed by atoms with Gasteiger partial charge in [-0.2, -0.15) is 0 Å². The van der Waals surface area contributed by atoms with Crippen molar-refractivity contribution in [1.82, 2.24) is 15.1 Å². The molecule has 4 rings (SSSR count). The lowest BCUT2D eigenvalue weighted by Crippen LogP contribution is -2.41. The van der Waals surface area contributed by atoms with E-state index in [0.29, 0.717) is 6.04 Å². The van der Waals surface area contributed by atoms with Gasteiger partial charge in [0.2, 0.25) is 0 Å². The van der Waals surface area contributed by atoms with Crippen LogP contribution in [0.5, 0.6) is 0 Å². The summed E-state index contributed by atoms with van der Waals surface area (Å²) in [6.07, 6.45) is 5.56. The summed E-state index contributed by atoms with van der Waals surface area (Å²) in [7, 11) is 0. The maximum atomic E-state index is 3.92. The summed E-state index contributed by atoms with van der Waals surface area (Å²) in [6.45, 7) is 6.18. The van der Waals surface area contributed by atoms with E-state index in [1.807, 2.05) is 0 Å². The molecule has 1 aromatic carbocycles. The van der Waals surface area contributed by atoms with Gasteiger partial charge in [-0.25, -0.2) is 0 Å². The van der Waals surface area contributed by atoms with Crippen molar-refractivity contribution in [3.8, 4) is 0 Å². The van der Waals surface area contributed by atoms with Crippen LogP contribution in [0.4, 0.5) is 0 Å². The highest BCUT2D eigenvalue weighted by Crippen LogP contribution is 2.30. The maximum absolute atomic E-state index is 3.92. The molecule has 1 aromatic rings. The van der Waals surface area contributed by atoms with E-state index in [2.05, 4.69) is 45.4 Å². The Morgan fingerprint density at radius 3 is 2.48 bits per heavy atom. The quantitative estimate of drug-likeness (QED) is 0.894. The minimum Gasteiger partial charge on any atom is -0.309 e. The van der Waals surface area contributed by atoms with Gasteiger partial charge in [0.25, 0.3) is 0 Å². The second-order valence-electron chi connectivity index (χ2n) is 7.08. The van der Waals surface area contributed by atoms with E-state index in [-0.39, 0.29) is 0 Å². The van der Waals surface area contributed by atoms with Crippen LogP contribution >= 0.6 is 0 Å². The van der Waals surface area contributed by atoms with Gasteiger partial charge in [0.05, 0.1) is 0 Å². The normalized spacial score (nSPS) is 31.0. The van der Waals surface area contributed by atoms with Crippen molar-refractivity contribution < 1.29 is 0 Å². The minimum atomic E-state index is 0.706. The van der Waals surface area contributed by atoms with Crippen molar-refractivity contribution in [3.63, 3.8) is 0 Å². The van der Waals surface area contributed by atoms with Crippen LogP contribution in [-0.2, 0) is 6.54 Å². The Hall–Kier alpha value is -0.900. The summed E-state index contributed by atoms with van der Waals surface area (Å²) >= 11 is 0. The predicted octanol–water partition coefficient (Wildman–Crippen LogP) is 2.09. The van der Waals surface area contributed by atoms with E-state index in [9.17, 15) is 0 Å². The zero-order valence-electron chi connectivity index (χ0n) is 12.9. The number of hydrogen-bond acceptors (Lipinski definition) is 3. The fraction of sp³-hybridized carbons (Fsp3) is 0.667. The highest BCUT2D eigenvalue weighted by atomic mass is 15.2. The molecule has 0 amide bonds. The van der Waals surface area contributed by atoms with Crippen molar-refractivity contribution in [2.75, 3.05) is 26.2 Å². The van der Waals surface area contributed by atoms with Crippen molar-refractivity contribution in [1.29, 1.82) is 0 Å². The second kappa shape index (κ2) is 6.07. The van der Waals surface area contributed by atoms with Crippen molar-refractivity contribution in [3.05, 3.63) is 35.9 Å². The van der Waals surface area contributed by atoms with Gasteiger partial charge in [0.15, 0.2) is 0 Å². The molecule has 3 fully saturated rings. The lowest BCUT2D eigenvalue weighted by molar-refractivity contribution is 0.300. The van der Waals surface area contributed by atoms with Gasteiger partial charge in [-0.3, -0.25) is 9.80 Å². The standard InChI is InChI=1S/C18H27N3/c1-2-4-15(5-3-1)12-20-10-8-16(13-20)19-17-9-11-21(14-17)18-6-7-18/h1-5,16-19H,6-14H2. The van der Waals surface area contributed by atoms with Gasteiger partial charge in [-0.15, -0.1) is 0 Å². The van der Waals surface area contributed by atoms with Crippen molar-refractivity contribution in [2.45, 2.75) is 50.4 Å². The molecule has 2 saturated heterocycles. The molecule has 3 nitrogen and oxygen atoms in total. The first kappa shape index (κ1) is 13.7. The summed E-state index contributed by atoms with van der Waals surface area (Å²) < 4.78 is 0. The van der Waals surface area contributed by atoms with E-state index in [0.717, 1.165) is 18.6 Å². The van der Waals surface area contributed by atoms with Crippen LogP contribution in [-0.4, -0.2) is 54.1 Å². The fourth-order valence-electron chi connectivity index (χ4n) is 3.98. The Balaban J connectivity index is 1.23. The topological polar surface area (TPSA) is 18.5 Å². The largest absolute Gasteiger partial charge is 0.309 e. The molecule has 3 heteroatoms. The van der Waals surface area contributed by atoms with Gasteiger partial charge in [-0.05, 0) is 31.2 Å². The molecule has 1 aliphatic carbocycles. The van der Waals surface area contributed by atoms with E-state index in [1.165, 1.54) is 57.4 Å². The minimum absolute atomic E-state index is 0.706. The molecule has 2 atom stereocenters. The van der Waals surface area contributed by atoms with Gasteiger partial charge < -0.3 is 5.32 Å². The molecule has 2 aliphatic heterocycles. The van der Waals surface area contributed by atoms with Crippen molar-refractivity contribution >= 4 is 0 Å². The number of nitrogens with one attached hydrogen (secondary N) is 1. The zero-order chi connectivity index (χ0) is 14.1. The molecular weight excluding hydrogens is 258 g/mol. The highest BCUT2D eigenvalue weighted by molar-refractivity contribution is 5.14. The van der Waals surface area contributed by atoms with Crippen molar-refractivity contribution in [2.24, 2.45) is 0 Å². The molecule has 21 heavy (non-hydrogen) atoms. The first-order chi connectivity index (χ1) is 10.4. The zero-order valence-corrected chi connectivity index (χ0v) is 12.9. The smallest absolute Gasteiger partial charge is 0.0234 e. The molecule has 0 aromatic heterocycles. The average Bonchev–Trinajstić information content (AvgIpc) is 3.11. The first-order valence-corrected chi connectivity index (χ1v) is 8.63. The van der Waals surface area contributed by atoms with Gasteiger partial charge in [-0.1, -0.05) is 30.3 Å². The third kappa shape index (κ3) is 3.47. The first-order valence-electron chi connectivity index (χ1n) is 8.63. The number of nitrogens with zero attached hydrogens (tertiary/aromatic N) is 2. The molecule has 0 radical (unpaired) electrons. The Morgan fingerprint density at radius 1 is 0.905 bits per heavy atom. The number of benzene rings is 1. The second-order valence-corrected chi connectivity index (χ2v) is 7.08. The van der Waals surface area contributed by atoms with E-state index >= 15 is 0 Å². The molecule has 1 saturated carbocycles. The third-order valence-electron chi connectivity index (χ3n) is 5.28. The van der Waals surface area contributed by atoms with Crippen LogP contribution in [0.25, 0.3) is 0 Å². The van der Waals surface area contributed by atoms with Gasteiger partial charge >= 0.3 is 0 Å². The molecule has 0 bridgehead atoms. The average molecular weight is 285 g/mol. The van der Waals surface area contributed by atoms with E-state index in [4.69, 9.17) is 0 Å². The Kier molecular flexibility index (Phi) is 3.97. The summed E-state index contributed by atoms with van der Waals surface area (Å²) in [5, 5.41) is 3.92. The van der Waals surface area contributed by atoms with Crippen LogP contribution in [0, 0.1) is 0 Å². The van der Waals surface area contributed by atoms with Crippen LogP contribution in [0.15, 0.2) is 30.3 Å². The molecule has 3 aliphatic rings. The van der Waals surface area contributed by atoms with Crippen LogP contribution in [0.2, 0.25) is 0 Å². The molecule has 114 valence electrons. The predicted molar refractivity (Wildman–Crippen MR) is 86.3 cm³/mol. The number of likely N-dealkylation sites (tertiary alicyclic amines) is 2. The molecule has 1 N–H and O–H groups in total. The summed E-state index contributed by atoms with van der Waals surface area (Å²) in [5.41, 5.74) is 1.44. The number of hydrogen-bond donors (Lipinski definition) is 1. The molecular formula is C18H27N3. The van der Waals surface area contributed by atoms with Crippen LogP contribution < -0.4 is 5.32 Å². The fourth-order valence-corrected chi connectivity index (χ4v) is 3.98. The highest BCUT2D eigenvalue weighted by Gasteiger charge is 2.35. The molecule has 0 spiro atoms. The number of rotatable bonds is 5. The van der Waals surface area contributed by atoms with Gasteiger partial charge in [0, 0.05) is 50.8 Å². The summed E-state index contributed by atoms with van der Waals surface area (Å²) in [5.74, 6) is 0. The SMILES string of the molecule is c1ccc(CN2CCC(NC3CCN(C4CC4)C3)C2)cc1. The molecule has 2 heterocycles. The Labute approximate surface area is 128 Å². The lowest BCUT2D eigenvalue weighted by atomic mass is 10.2. The Bertz CT molecular complexity index is 457. The van der Waals surface area contributed by atoms with Crippen LogP contribution in [0.1, 0.15) is 31.2 Å². The van der Waals surface area contributed by atoms with E-state index < -0.39 is 0 Å². The molecule has 2 unspecified atom stereocenters. The van der Waals surface area contributed by atoms with Gasteiger partial charge in [0.1, 0.15) is 0 Å². The monoisotopic (exact) mass is 285 g/mol. The van der Waals surface area contributed by atoms with Crippen LogP contribution in [0.3, 0.4) is 0 Å². The summed E-state index contributed by atoms with van der Waals surface area (Å²) in [4.78, 5) is 5.30. The summed E-state index contributed by atoms with van der Waals surface area (Å²) in [6, 6.07) is 13.3. The van der Waals surface area contributed by atoms with E-state index in [1.54, 1.807) is 0 Å². The Morgan fingerprint density at radius 2 is 1.67 bits per heavy atom.